The highest BCUT2D eigenvalue weighted by molar-refractivity contribution is 4.73. The lowest BCUT2D eigenvalue weighted by molar-refractivity contribution is 0.162. The van der Waals surface area contributed by atoms with Crippen LogP contribution in [0.1, 0.15) is 19.3 Å². The molecule has 1 heterocycles. The minimum atomic E-state index is 0.633. The Balaban J connectivity index is 2.09. The summed E-state index contributed by atoms with van der Waals surface area (Å²) in [5.41, 5.74) is 8.16. The molecule has 5 heteroatoms. The molecule has 1 aliphatic heterocycles. The first-order chi connectivity index (χ1) is 7.72. The van der Waals surface area contributed by atoms with E-state index in [1.165, 1.54) is 32.5 Å². The van der Waals surface area contributed by atoms with Gasteiger partial charge in [0.05, 0.1) is 0 Å². The van der Waals surface area contributed by atoms with E-state index in [-0.39, 0.29) is 0 Å². The van der Waals surface area contributed by atoms with Crippen LogP contribution in [0.25, 0.3) is 10.4 Å². The Kier molecular flexibility index (Phi) is 6.23. The molecule has 0 aromatic rings. The first-order valence-electron chi connectivity index (χ1n) is 6.10. The van der Waals surface area contributed by atoms with E-state index in [1.54, 1.807) is 0 Å². The van der Waals surface area contributed by atoms with E-state index in [9.17, 15) is 0 Å². The first-order valence-corrected chi connectivity index (χ1v) is 6.10. The molecule has 0 amide bonds. The van der Waals surface area contributed by atoms with E-state index in [1.807, 2.05) is 0 Å². The van der Waals surface area contributed by atoms with E-state index in [4.69, 9.17) is 5.53 Å². The Morgan fingerprint density at radius 1 is 1.38 bits per heavy atom. The summed E-state index contributed by atoms with van der Waals surface area (Å²) in [7, 11) is 4.29. The summed E-state index contributed by atoms with van der Waals surface area (Å²) >= 11 is 0. The molecule has 0 saturated carbocycles. The van der Waals surface area contributed by atoms with E-state index in [0.29, 0.717) is 6.54 Å². The number of azide groups is 1. The molecular weight excluding hydrogens is 202 g/mol. The van der Waals surface area contributed by atoms with Crippen molar-refractivity contribution in [1.29, 1.82) is 0 Å². The number of rotatable bonds is 6. The van der Waals surface area contributed by atoms with Crippen LogP contribution in [-0.4, -0.2) is 56.6 Å². The van der Waals surface area contributed by atoms with Crippen LogP contribution in [-0.2, 0) is 0 Å². The number of hydrogen-bond acceptors (Lipinski definition) is 3. The maximum atomic E-state index is 8.16. The van der Waals surface area contributed by atoms with Gasteiger partial charge in [-0.2, -0.15) is 0 Å². The number of hydrogen-bond donors (Lipinski definition) is 0. The highest BCUT2D eigenvalue weighted by atomic mass is 15.2. The molecule has 0 bridgehead atoms. The van der Waals surface area contributed by atoms with Crippen LogP contribution in [0.5, 0.6) is 0 Å². The molecule has 0 aromatic carbocycles. The van der Waals surface area contributed by atoms with Gasteiger partial charge >= 0.3 is 0 Å². The van der Waals surface area contributed by atoms with E-state index in [2.05, 4.69) is 33.9 Å². The predicted molar refractivity (Wildman–Crippen MR) is 66.3 cm³/mol. The van der Waals surface area contributed by atoms with Crippen LogP contribution in [0.15, 0.2) is 5.11 Å². The van der Waals surface area contributed by atoms with Crippen molar-refractivity contribution in [2.75, 3.05) is 46.8 Å². The maximum Gasteiger partial charge on any atom is 0.0270 e. The van der Waals surface area contributed by atoms with Crippen molar-refractivity contribution in [2.45, 2.75) is 19.3 Å². The minimum Gasteiger partial charge on any atom is -0.309 e. The predicted octanol–water partition coefficient (Wildman–Crippen LogP) is 1.96. The topological polar surface area (TPSA) is 55.2 Å². The summed E-state index contributed by atoms with van der Waals surface area (Å²) < 4.78 is 0. The van der Waals surface area contributed by atoms with Crippen molar-refractivity contribution < 1.29 is 0 Å². The summed E-state index contributed by atoms with van der Waals surface area (Å²) in [6.07, 6.45) is 3.60. The van der Waals surface area contributed by atoms with Gasteiger partial charge in [0.1, 0.15) is 0 Å². The molecular formula is C11H23N5. The molecule has 16 heavy (non-hydrogen) atoms. The van der Waals surface area contributed by atoms with E-state index < -0.39 is 0 Å². The molecule has 0 radical (unpaired) electrons. The van der Waals surface area contributed by atoms with Crippen LogP contribution < -0.4 is 0 Å². The van der Waals surface area contributed by atoms with Gasteiger partial charge in [0.15, 0.2) is 0 Å². The second kappa shape index (κ2) is 7.49. The van der Waals surface area contributed by atoms with Crippen molar-refractivity contribution in [3.63, 3.8) is 0 Å². The summed E-state index contributed by atoms with van der Waals surface area (Å²) in [6, 6.07) is 0. The third-order valence-corrected chi connectivity index (χ3v) is 3.13. The SMILES string of the molecule is CN(C)CC1CCN(CCCN=[N+]=[N-])CC1. The number of nitrogens with zero attached hydrogens (tertiary/aromatic N) is 5. The molecule has 1 saturated heterocycles. The third kappa shape index (κ3) is 5.35. The van der Waals surface area contributed by atoms with Gasteiger partial charge in [-0.25, -0.2) is 0 Å². The van der Waals surface area contributed by atoms with E-state index >= 15 is 0 Å². The Morgan fingerprint density at radius 3 is 2.62 bits per heavy atom. The fraction of sp³-hybridized carbons (Fsp3) is 1.00. The molecule has 0 aliphatic carbocycles. The van der Waals surface area contributed by atoms with Crippen molar-refractivity contribution in [1.82, 2.24) is 9.80 Å². The smallest absolute Gasteiger partial charge is 0.0270 e. The molecule has 92 valence electrons. The second-order valence-corrected chi connectivity index (χ2v) is 4.86. The maximum absolute atomic E-state index is 8.16. The van der Waals surface area contributed by atoms with Crippen molar-refractivity contribution >= 4 is 0 Å². The number of likely N-dealkylation sites (tertiary alicyclic amines) is 1. The minimum absolute atomic E-state index is 0.633. The van der Waals surface area contributed by atoms with Gasteiger partial charge in [0, 0.05) is 18.0 Å². The molecule has 0 aromatic heterocycles. The molecule has 0 spiro atoms. The highest BCUT2D eigenvalue weighted by Crippen LogP contribution is 2.17. The standard InChI is InChI=1S/C11H23N5/c1-15(2)10-11-4-8-16(9-5-11)7-3-6-13-14-12/h11H,3-10H2,1-2H3. The Labute approximate surface area is 98.0 Å². The molecule has 1 aliphatic rings. The first kappa shape index (κ1) is 13.3. The lowest BCUT2D eigenvalue weighted by Gasteiger charge is -2.33. The Hall–Kier alpha value is -0.770. The molecule has 5 nitrogen and oxygen atoms in total. The zero-order valence-electron chi connectivity index (χ0n) is 10.5. The lowest BCUT2D eigenvalue weighted by atomic mass is 9.96. The largest absolute Gasteiger partial charge is 0.309 e. The zero-order chi connectivity index (χ0) is 11.8. The van der Waals surface area contributed by atoms with Gasteiger partial charge in [-0.3, -0.25) is 0 Å². The summed E-state index contributed by atoms with van der Waals surface area (Å²) in [4.78, 5) is 7.53. The Morgan fingerprint density at radius 2 is 2.06 bits per heavy atom. The fourth-order valence-electron chi connectivity index (χ4n) is 2.32. The van der Waals surface area contributed by atoms with Crippen molar-refractivity contribution in [3.8, 4) is 0 Å². The summed E-state index contributed by atoms with van der Waals surface area (Å²) in [5, 5.41) is 3.56. The van der Waals surface area contributed by atoms with Gasteiger partial charge in [0.2, 0.25) is 0 Å². The average Bonchev–Trinajstić information content (AvgIpc) is 2.26. The van der Waals surface area contributed by atoms with Gasteiger partial charge < -0.3 is 9.80 Å². The average molecular weight is 225 g/mol. The quantitative estimate of drug-likeness (QED) is 0.300. The van der Waals surface area contributed by atoms with Crippen LogP contribution in [0, 0.1) is 5.92 Å². The molecule has 0 atom stereocenters. The summed E-state index contributed by atoms with van der Waals surface area (Å²) in [6.45, 7) is 5.33. The van der Waals surface area contributed by atoms with E-state index in [0.717, 1.165) is 18.9 Å². The van der Waals surface area contributed by atoms with Gasteiger partial charge in [0.25, 0.3) is 0 Å². The van der Waals surface area contributed by atoms with Crippen LogP contribution in [0.3, 0.4) is 0 Å². The van der Waals surface area contributed by atoms with Crippen molar-refractivity contribution in [3.05, 3.63) is 10.4 Å². The number of piperidine rings is 1. The monoisotopic (exact) mass is 225 g/mol. The van der Waals surface area contributed by atoms with Gasteiger partial charge in [-0.05, 0) is 64.4 Å². The zero-order valence-corrected chi connectivity index (χ0v) is 10.5. The van der Waals surface area contributed by atoms with Crippen LogP contribution >= 0.6 is 0 Å². The van der Waals surface area contributed by atoms with Crippen LogP contribution in [0.2, 0.25) is 0 Å². The van der Waals surface area contributed by atoms with Gasteiger partial charge in [-0.1, -0.05) is 5.11 Å². The summed E-state index contributed by atoms with van der Waals surface area (Å²) in [5.74, 6) is 0.864. The Bertz CT molecular complexity index is 227. The molecule has 0 N–H and O–H groups in total. The fourth-order valence-corrected chi connectivity index (χ4v) is 2.32. The van der Waals surface area contributed by atoms with Crippen LogP contribution in [0.4, 0.5) is 0 Å². The molecule has 0 unspecified atom stereocenters. The second-order valence-electron chi connectivity index (χ2n) is 4.86. The highest BCUT2D eigenvalue weighted by Gasteiger charge is 2.18. The normalized spacial score (nSPS) is 18.7. The van der Waals surface area contributed by atoms with Gasteiger partial charge in [-0.15, -0.1) is 0 Å². The third-order valence-electron chi connectivity index (χ3n) is 3.13. The van der Waals surface area contributed by atoms with Crippen molar-refractivity contribution in [2.24, 2.45) is 11.0 Å². The molecule has 1 rings (SSSR count). The lowest BCUT2D eigenvalue weighted by Crippen LogP contribution is -2.37. The molecule has 1 fully saturated rings.